The summed E-state index contributed by atoms with van der Waals surface area (Å²) in [5, 5.41) is 7.46. The van der Waals surface area contributed by atoms with Gasteiger partial charge in [0.25, 0.3) is 5.91 Å². The predicted molar refractivity (Wildman–Crippen MR) is 105 cm³/mol. The molecule has 0 spiro atoms. The Hall–Kier alpha value is -2.12. The summed E-state index contributed by atoms with van der Waals surface area (Å²) >= 11 is 0. The molecule has 0 aromatic carbocycles. The third-order valence-corrected chi connectivity index (χ3v) is 5.58. The van der Waals surface area contributed by atoms with Crippen molar-refractivity contribution in [2.24, 2.45) is 13.0 Å². The fourth-order valence-corrected chi connectivity index (χ4v) is 4.00. The highest BCUT2D eigenvalue weighted by Crippen LogP contribution is 2.20. The highest BCUT2D eigenvalue weighted by molar-refractivity contribution is 5.97. The van der Waals surface area contributed by atoms with E-state index in [0.29, 0.717) is 24.1 Å². The minimum absolute atomic E-state index is 0.0731. The lowest BCUT2D eigenvalue weighted by atomic mass is 9.92. The molecule has 27 heavy (non-hydrogen) atoms. The van der Waals surface area contributed by atoms with Gasteiger partial charge in [0, 0.05) is 45.1 Å². The van der Waals surface area contributed by atoms with Crippen molar-refractivity contribution in [2.45, 2.75) is 32.7 Å². The Morgan fingerprint density at radius 1 is 1.22 bits per heavy atom. The van der Waals surface area contributed by atoms with E-state index >= 15 is 0 Å². The second kappa shape index (κ2) is 9.19. The first-order valence-electron chi connectivity index (χ1n) is 9.91. The maximum Gasteiger partial charge on any atom is 0.256 e. The van der Waals surface area contributed by atoms with Gasteiger partial charge in [0.1, 0.15) is 11.4 Å². The quantitative estimate of drug-likeness (QED) is 0.769. The van der Waals surface area contributed by atoms with E-state index in [1.807, 2.05) is 36.1 Å². The molecule has 2 aromatic heterocycles. The molecule has 0 aliphatic carbocycles. The van der Waals surface area contributed by atoms with Gasteiger partial charge in [0.2, 0.25) is 0 Å². The standard InChI is InChI=1S/C20H31N5O2/c1-4-16(5-2)18(24-10-12-27-13-11-24)15-21-19(26)17-14-22-23(3)20(17)25-8-6-7-9-25/h6-9,14,16,18H,4-5,10-13,15H2,1-3H3,(H,21,26)/t18-/m1/s1. The molecule has 1 atom stereocenters. The first kappa shape index (κ1) is 19.6. The summed E-state index contributed by atoms with van der Waals surface area (Å²) in [4.78, 5) is 15.4. The van der Waals surface area contributed by atoms with Crippen LogP contribution in [0, 0.1) is 5.92 Å². The smallest absolute Gasteiger partial charge is 0.256 e. The Balaban J connectivity index is 1.73. The van der Waals surface area contributed by atoms with E-state index in [-0.39, 0.29) is 5.91 Å². The summed E-state index contributed by atoms with van der Waals surface area (Å²) < 4.78 is 9.16. The maximum absolute atomic E-state index is 12.9. The average molecular weight is 374 g/mol. The van der Waals surface area contributed by atoms with Gasteiger partial charge in [-0.05, 0) is 18.1 Å². The lowest BCUT2D eigenvalue weighted by Gasteiger charge is -2.38. The predicted octanol–water partition coefficient (Wildman–Crippen LogP) is 2.08. The van der Waals surface area contributed by atoms with Crippen molar-refractivity contribution in [3.8, 4) is 5.82 Å². The van der Waals surface area contributed by atoms with Crippen LogP contribution in [0.1, 0.15) is 37.0 Å². The van der Waals surface area contributed by atoms with E-state index in [1.165, 1.54) is 0 Å². The van der Waals surface area contributed by atoms with Gasteiger partial charge >= 0.3 is 0 Å². The molecule has 3 heterocycles. The summed E-state index contributed by atoms with van der Waals surface area (Å²) in [6, 6.07) is 4.21. The lowest BCUT2D eigenvalue weighted by Crippen LogP contribution is -2.52. The molecule has 1 amide bonds. The van der Waals surface area contributed by atoms with Crippen LogP contribution >= 0.6 is 0 Å². The molecule has 0 radical (unpaired) electrons. The molecular weight excluding hydrogens is 342 g/mol. The zero-order chi connectivity index (χ0) is 19.2. The number of hydrogen-bond donors (Lipinski definition) is 1. The van der Waals surface area contributed by atoms with Gasteiger partial charge in [0.05, 0.1) is 19.4 Å². The van der Waals surface area contributed by atoms with Crippen molar-refractivity contribution in [1.29, 1.82) is 0 Å². The van der Waals surface area contributed by atoms with E-state index in [0.717, 1.165) is 45.0 Å². The third kappa shape index (κ3) is 4.42. The number of carbonyl (C=O) groups is 1. The highest BCUT2D eigenvalue weighted by atomic mass is 16.5. The minimum atomic E-state index is -0.0731. The molecule has 1 fully saturated rings. The zero-order valence-electron chi connectivity index (χ0n) is 16.6. The monoisotopic (exact) mass is 373 g/mol. The molecule has 2 aromatic rings. The minimum Gasteiger partial charge on any atom is -0.379 e. The number of ether oxygens (including phenoxy) is 1. The van der Waals surface area contributed by atoms with Crippen LogP contribution in [0.5, 0.6) is 0 Å². The van der Waals surface area contributed by atoms with E-state index < -0.39 is 0 Å². The number of aromatic nitrogens is 3. The fourth-order valence-electron chi connectivity index (χ4n) is 4.00. The normalized spacial score (nSPS) is 16.6. The van der Waals surface area contributed by atoms with Crippen molar-refractivity contribution < 1.29 is 9.53 Å². The molecule has 0 saturated carbocycles. The molecule has 1 N–H and O–H groups in total. The number of aryl methyl sites for hydroxylation is 1. The largest absolute Gasteiger partial charge is 0.379 e. The van der Waals surface area contributed by atoms with Crippen LogP contribution in [0.15, 0.2) is 30.7 Å². The Morgan fingerprint density at radius 2 is 1.89 bits per heavy atom. The van der Waals surface area contributed by atoms with Crippen molar-refractivity contribution in [2.75, 3.05) is 32.8 Å². The van der Waals surface area contributed by atoms with Crippen molar-refractivity contribution in [1.82, 2.24) is 24.6 Å². The zero-order valence-corrected chi connectivity index (χ0v) is 16.6. The first-order chi connectivity index (χ1) is 13.2. The topological polar surface area (TPSA) is 64.3 Å². The first-order valence-corrected chi connectivity index (χ1v) is 9.91. The number of carbonyl (C=O) groups excluding carboxylic acids is 1. The number of hydrogen-bond acceptors (Lipinski definition) is 4. The van der Waals surface area contributed by atoms with Crippen LogP contribution in [0.2, 0.25) is 0 Å². The maximum atomic E-state index is 12.9. The summed E-state index contributed by atoms with van der Waals surface area (Å²) in [5.74, 6) is 1.26. The molecule has 3 rings (SSSR count). The highest BCUT2D eigenvalue weighted by Gasteiger charge is 2.28. The van der Waals surface area contributed by atoms with Crippen LogP contribution in [0.3, 0.4) is 0 Å². The third-order valence-electron chi connectivity index (χ3n) is 5.58. The van der Waals surface area contributed by atoms with Crippen molar-refractivity contribution in [3.63, 3.8) is 0 Å². The van der Waals surface area contributed by atoms with Crippen LogP contribution in [-0.2, 0) is 11.8 Å². The fraction of sp³-hybridized carbons (Fsp3) is 0.600. The molecule has 1 aliphatic heterocycles. The van der Waals surface area contributed by atoms with Gasteiger partial charge in [0.15, 0.2) is 0 Å². The average Bonchev–Trinajstić information content (AvgIpc) is 3.35. The molecular formula is C20H31N5O2. The second-order valence-corrected chi connectivity index (χ2v) is 7.10. The van der Waals surface area contributed by atoms with Crippen LogP contribution < -0.4 is 5.32 Å². The Kier molecular flexibility index (Phi) is 6.68. The summed E-state index contributed by atoms with van der Waals surface area (Å²) in [5.41, 5.74) is 0.596. The van der Waals surface area contributed by atoms with Crippen LogP contribution in [0.25, 0.3) is 5.82 Å². The number of amides is 1. The molecule has 148 valence electrons. The SMILES string of the molecule is CCC(CC)[C@@H](CNC(=O)c1cnn(C)c1-n1cccc1)N1CCOCC1. The van der Waals surface area contributed by atoms with Gasteiger partial charge in [-0.3, -0.25) is 14.4 Å². The summed E-state index contributed by atoms with van der Waals surface area (Å²) in [7, 11) is 1.85. The van der Waals surface area contributed by atoms with Gasteiger partial charge in [-0.1, -0.05) is 26.7 Å². The molecule has 1 saturated heterocycles. The molecule has 7 heteroatoms. The lowest BCUT2D eigenvalue weighted by molar-refractivity contribution is 0.00191. The van der Waals surface area contributed by atoms with E-state index in [9.17, 15) is 4.79 Å². The van der Waals surface area contributed by atoms with Crippen LogP contribution in [-0.4, -0.2) is 64.0 Å². The number of rotatable bonds is 8. The van der Waals surface area contributed by atoms with Gasteiger partial charge in [-0.2, -0.15) is 5.10 Å². The van der Waals surface area contributed by atoms with Crippen LogP contribution in [0.4, 0.5) is 0 Å². The number of nitrogens with zero attached hydrogens (tertiary/aromatic N) is 4. The van der Waals surface area contributed by atoms with Crippen molar-refractivity contribution in [3.05, 3.63) is 36.3 Å². The van der Waals surface area contributed by atoms with Gasteiger partial charge < -0.3 is 14.6 Å². The van der Waals surface area contributed by atoms with Gasteiger partial charge in [-0.25, -0.2) is 0 Å². The Labute approximate surface area is 161 Å². The molecule has 7 nitrogen and oxygen atoms in total. The summed E-state index contributed by atoms with van der Waals surface area (Å²) in [6.45, 7) is 8.50. The summed E-state index contributed by atoms with van der Waals surface area (Å²) in [6.07, 6.45) is 7.71. The number of morpholine rings is 1. The Morgan fingerprint density at radius 3 is 2.52 bits per heavy atom. The number of nitrogens with one attached hydrogen (secondary N) is 1. The van der Waals surface area contributed by atoms with E-state index in [1.54, 1.807) is 10.9 Å². The van der Waals surface area contributed by atoms with Gasteiger partial charge in [-0.15, -0.1) is 0 Å². The Bertz CT molecular complexity index is 715. The van der Waals surface area contributed by atoms with Crippen molar-refractivity contribution >= 4 is 5.91 Å². The van der Waals surface area contributed by atoms with E-state index in [4.69, 9.17) is 4.74 Å². The van der Waals surface area contributed by atoms with E-state index in [2.05, 4.69) is 29.2 Å². The molecule has 1 aliphatic rings. The molecule has 0 unspecified atom stereocenters. The molecule has 0 bridgehead atoms. The second-order valence-electron chi connectivity index (χ2n) is 7.10.